The van der Waals surface area contributed by atoms with Crippen LogP contribution in [0, 0.1) is 17.2 Å². The molecule has 27 heavy (non-hydrogen) atoms. The Balaban J connectivity index is 2.30. The van der Waals surface area contributed by atoms with Crippen LogP contribution in [0.1, 0.15) is 50.7 Å². The first-order valence-corrected chi connectivity index (χ1v) is 9.69. The van der Waals surface area contributed by atoms with Gasteiger partial charge in [0.1, 0.15) is 11.5 Å². The summed E-state index contributed by atoms with van der Waals surface area (Å²) < 4.78 is 11.5. The van der Waals surface area contributed by atoms with E-state index in [1.165, 1.54) is 19.3 Å². The molecule has 0 saturated heterocycles. The van der Waals surface area contributed by atoms with Gasteiger partial charge in [0.05, 0.1) is 25.4 Å². The fourth-order valence-electron chi connectivity index (χ4n) is 2.96. The van der Waals surface area contributed by atoms with E-state index in [-0.39, 0.29) is 0 Å². The highest BCUT2D eigenvalue weighted by Crippen LogP contribution is 2.32. The summed E-state index contributed by atoms with van der Waals surface area (Å²) in [6.45, 7) is 5.08. The van der Waals surface area contributed by atoms with Gasteiger partial charge in [-0.05, 0) is 42.2 Å². The van der Waals surface area contributed by atoms with Crippen molar-refractivity contribution in [3.8, 4) is 17.6 Å². The summed E-state index contributed by atoms with van der Waals surface area (Å²) in [6, 6.07) is 17.8. The molecule has 0 fully saturated rings. The van der Waals surface area contributed by atoms with Gasteiger partial charge in [-0.3, -0.25) is 0 Å². The smallest absolute Gasteiger partial charge is 0.128 e. The SMILES string of the molecule is CCCCC(CC)COc1ccc(OC)cc1C(C#N)=Cc1ccccc1. The Hall–Kier alpha value is -2.73. The Morgan fingerprint density at radius 1 is 1.15 bits per heavy atom. The molecule has 0 bridgehead atoms. The average Bonchev–Trinajstić information content (AvgIpc) is 2.73. The lowest BCUT2D eigenvalue weighted by atomic mass is 10.00. The summed E-state index contributed by atoms with van der Waals surface area (Å²) >= 11 is 0. The first-order chi connectivity index (χ1) is 13.2. The Morgan fingerprint density at radius 2 is 1.93 bits per heavy atom. The standard InChI is InChI=1S/C24H29NO2/c1-4-6-10-19(5-2)18-27-24-14-13-22(26-3)16-23(24)21(17-25)15-20-11-8-7-9-12-20/h7-9,11-16,19H,4-6,10,18H2,1-3H3. The van der Waals surface area contributed by atoms with Gasteiger partial charge in [0.15, 0.2) is 0 Å². The Labute approximate surface area is 163 Å². The zero-order valence-corrected chi connectivity index (χ0v) is 16.6. The van der Waals surface area contributed by atoms with E-state index in [1.807, 2.05) is 54.6 Å². The number of methoxy groups -OCH3 is 1. The van der Waals surface area contributed by atoms with Crippen LogP contribution in [-0.4, -0.2) is 13.7 Å². The third kappa shape index (κ3) is 6.18. The normalized spacial score (nSPS) is 12.3. The van der Waals surface area contributed by atoms with Crippen molar-refractivity contribution in [2.24, 2.45) is 5.92 Å². The number of ether oxygens (including phenoxy) is 2. The van der Waals surface area contributed by atoms with E-state index < -0.39 is 0 Å². The average molecular weight is 364 g/mol. The minimum Gasteiger partial charge on any atom is -0.497 e. The highest BCUT2D eigenvalue weighted by Gasteiger charge is 2.13. The molecule has 3 heteroatoms. The number of hydrogen-bond donors (Lipinski definition) is 0. The molecule has 0 aliphatic carbocycles. The minimum atomic E-state index is 0.531. The Morgan fingerprint density at radius 3 is 2.56 bits per heavy atom. The maximum Gasteiger partial charge on any atom is 0.128 e. The molecule has 0 radical (unpaired) electrons. The summed E-state index contributed by atoms with van der Waals surface area (Å²) in [5, 5.41) is 9.75. The fraction of sp³-hybridized carbons (Fsp3) is 0.375. The van der Waals surface area contributed by atoms with Crippen molar-refractivity contribution in [1.29, 1.82) is 5.26 Å². The molecule has 0 spiro atoms. The molecule has 2 aromatic carbocycles. The molecule has 0 N–H and O–H groups in total. The van der Waals surface area contributed by atoms with Crippen LogP contribution in [0.15, 0.2) is 48.5 Å². The monoisotopic (exact) mass is 363 g/mol. The van der Waals surface area contributed by atoms with Gasteiger partial charge in [-0.1, -0.05) is 63.4 Å². The van der Waals surface area contributed by atoms with Gasteiger partial charge in [0.25, 0.3) is 0 Å². The van der Waals surface area contributed by atoms with E-state index in [0.717, 1.165) is 23.3 Å². The lowest BCUT2D eigenvalue weighted by Crippen LogP contribution is -2.12. The van der Waals surface area contributed by atoms with Crippen molar-refractivity contribution in [3.63, 3.8) is 0 Å². The highest BCUT2D eigenvalue weighted by atomic mass is 16.5. The predicted molar refractivity (Wildman–Crippen MR) is 112 cm³/mol. The van der Waals surface area contributed by atoms with Gasteiger partial charge >= 0.3 is 0 Å². The topological polar surface area (TPSA) is 42.2 Å². The van der Waals surface area contributed by atoms with Crippen molar-refractivity contribution in [1.82, 2.24) is 0 Å². The summed E-state index contributed by atoms with van der Waals surface area (Å²) in [4.78, 5) is 0. The van der Waals surface area contributed by atoms with Crippen molar-refractivity contribution in [2.75, 3.05) is 13.7 Å². The molecule has 0 aliphatic heterocycles. The van der Waals surface area contributed by atoms with Crippen LogP contribution in [-0.2, 0) is 0 Å². The van der Waals surface area contributed by atoms with Crippen LogP contribution in [0.25, 0.3) is 11.6 Å². The van der Waals surface area contributed by atoms with Crippen molar-refractivity contribution in [3.05, 3.63) is 59.7 Å². The molecular weight excluding hydrogens is 334 g/mol. The maximum absolute atomic E-state index is 9.75. The van der Waals surface area contributed by atoms with Crippen LogP contribution in [0.3, 0.4) is 0 Å². The van der Waals surface area contributed by atoms with Crippen LogP contribution >= 0.6 is 0 Å². The van der Waals surface area contributed by atoms with Gasteiger partial charge in [0, 0.05) is 5.56 Å². The van der Waals surface area contributed by atoms with Gasteiger partial charge in [0.2, 0.25) is 0 Å². The fourth-order valence-corrected chi connectivity index (χ4v) is 2.96. The Bertz CT molecular complexity index is 775. The number of allylic oxidation sites excluding steroid dienone is 1. The zero-order chi connectivity index (χ0) is 19.5. The van der Waals surface area contributed by atoms with E-state index in [1.54, 1.807) is 7.11 Å². The van der Waals surface area contributed by atoms with E-state index in [9.17, 15) is 5.26 Å². The van der Waals surface area contributed by atoms with E-state index in [0.29, 0.717) is 23.8 Å². The third-order valence-corrected chi connectivity index (χ3v) is 4.73. The second kappa shape index (κ2) is 11.1. The molecular formula is C24H29NO2. The second-order valence-electron chi connectivity index (χ2n) is 6.67. The van der Waals surface area contributed by atoms with E-state index in [2.05, 4.69) is 19.9 Å². The first-order valence-electron chi connectivity index (χ1n) is 9.69. The van der Waals surface area contributed by atoms with Crippen LogP contribution in [0.2, 0.25) is 0 Å². The highest BCUT2D eigenvalue weighted by molar-refractivity contribution is 5.92. The lowest BCUT2D eigenvalue weighted by Gasteiger charge is -2.18. The molecule has 0 heterocycles. The number of nitriles is 1. The van der Waals surface area contributed by atoms with Gasteiger partial charge in [-0.15, -0.1) is 0 Å². The number of unbranched alkanes of at least 4 members (excludes halogenated alkanes) is 1. The Kier molecular flexibility index (Phi) is 8.45. The van der Waals surface area contributed by atoms with Crippen LogP contribution < -0.4 is 9.47 Å². The molecule has 3 nitrogen and oxygen atoms in total. The molecule has 0 aliphatic rings. The molecule has 1 atom stereocenters. The summed E-state index contributed by atoms with van der Waals surface area (Å²) in [7, 11) is 1.63. The zero-order valence-electron chi connectivity index (χ0n) is 16.6. The molecule has 0 saturated carbocycles. The lowest BCUT2D eigenvalue weighted by molar-refractivity contribution is 0.232. The maximum atomic E-state index is 9.75. The van der Waals surface area contributed by atoms with E-state index >= 15 is 0 Å². The quantitative estimate of drug-likeness (QED) is 0.364. The van der Waals surface area contributed by atoms with Gasteiger partial charge in [-0.2, -0.15) is 5.26 Å². The van der Waals surface area contributed by atoms with Crippen molar-refractivity contribution < 1.29 is 9.47 Å². The van der Waals surface area contributed by atoms with Gasteiger partial charge in [-0.25, -0.2) is 0 Å². The molecule has 0 aromatic heterocycles. The number of rotatable bonds is 10. The molecule has 2 aromatic rings. The number of benzene rings is 2. The summed E-state index contributed by atoms with van der Waals surface area (Å²) in [6.07, 6.45) is 6.56. The number of hydrogen-bond acceptors (Lipinski definition) is 3. The first kappa shape index (κ1) is 20.6. The van der Waals surface area contributed by atoms with Crippen LogP contribution in [0.4, 0.5) is 0 Å². The number of nitrogens with zero attached hydrogens (tertiary/aromatic N) is 1. The van der Waals surface area contributed by atoms with Crippen molar-refractivity contribution >= 4 is 11.6 Å². The summed E-state index contributed by atoms with van der Waals surface area (Å²) in [5.41, 5.74) is 2.32. The summed E-state index contributed by atoms with van der Waals surface area (Å²) in [5.74, 6) is 1.97. The van der Waals surface area contributed by atoms with Gasteiger partial charge < -0.3 is 9.47 Å². The third-order valence-electron chi connectivity index (χ3n) is 4.73. The minimum absolute atomic E-state index is 0.531. The molecule has 2 rings (SSSR count). The predicted octanol–water partition coefficient (Wildman–Crippen LogP) is 6.35. The van der Waals surface area contributed by atoms with E-state index in [4.69, 9.17) is 9.47 Å². The molecule has 1 unspecified atom stereocenters. The van der Waals surface area contributed by atoms with Crippen molar-refractivity contribution in [2.45, 2.75) is 39.5 Å². The largest absolute Gasteiger partial charge is 0.497 e. The second-order valence-corrected chi connectivity index (χ2v) is 6.67. The molecule has 142 valence electrons. The molecule has 0 amide bonds. The van der Waals surface area contributed by atoms with Crippen LogP contribution in [0.5, 0.6) is 11.5 Å².